The van der Waals surface area contributed by atoms with E-state index >= 15 is 0 Å². The van der Waals surface area contributed by atoms with Crippen LogP contribution < -0.4 is 0 Å². The van der Waals surface area contributed by atoms with Gasteiger partial charge in [0, 0.05) is 11.1 Å². The molecular formula is C30H56O4. The van der Waals surface area contributed by atoms with Crippen molar-refractivity contribution in [3.05, 3.63) is 11.1 Å². The van der Waals surface area contributed by atoms with Crippen molar-refractivity contribution in [1.82, 2.24) is 0 Å². The van der Waals surface area contributed by atoms with Crippen molar-refractivity contribution in [3.63, 3.8) is 0 Å². The molecule has 0 heterocycles. The van der Waals surface area contributed by atoms with E-state index in [1.807, 2.05) is 0 Å². The topological polar surface area (TPSA) is 52.6 Å². The first-order valence-corrected chi connectivity index (χ1v) is 14.0. The molecule has 0 aromatic carbocycles. The summed E-state index contributed by atoms with van der Waals surface area (Å²) >= 11 is 0. The van der Waals surface area contributed by atoms with Crippen LogP contribution in [0.25, 0.3) is 0 Å². The molecule has 0 rings (SSSR count). The first kappa shape index (κ1) is 32.7. The number of ether oxygens (including phenoxy) is 2. The molecule has 0 aliphatic heterocycles. The van der Waals surface area contributed by atoms with Gasteiger partial charge in [-0.05, 0) is 36.5 Å². The van der Waals surface area contributed by atoms with Crippen molar-refractivity contribution >= 4 is 11.9 Å². The van der Waals surface area contributed by atoms with E-state index in [1.54, 1.807) is 0 Å². The van der Waals surface area contributed by atoms with Crippen LogP contribution in [0.3, 0.4) is 0 Å². The van der Waals surface area contributed by atoms with E-state index in [0.29, 0.717) is 37.2 Å². The highest BCUT2D eigenvalue weighted by atomic mass is 16.5. The molecule has 0 unspecified atom stereocenters. The van der Waals surface area contributed by atoms with E-state index in [0.717, 1.165) is 25.7 Å². The summed E-state index contributed by atoms with van der Waals surface area (Å²) in [6.45, 7) is 17.8. The van der Waals surface area contributed by atoms with E-state index < -0.39 is 0 Å². The number of esters is 2. The molecule has 4 nitrogen and oxygen atoms in total. The fourth-order valence-electron chi connectivity index (χ4n) is 3.93. The quantitative estimate of drug-likeness (QED) is 0.112. The molecule has 34 heavy (non-hydrogen) atoms. The van der Waals surface area contributed by atoms with Crippen molar-refractivity contribution in [1.29, 1.82) is 0 Å². The van der Waals surface area contributed by atoms with Crippen molar-refractivity contribution in [2.45, 2.75) is 145 Å². The monoisotopic (exact) mass is 480 g/mol. The Balaban J connectivity index is 5.29. The van der Waals surface area contributed by atoms with Crippen LogP contribution in [-0.4, -0.2) is 25.2 Å². The Hall–Kier alpha value is -1.32. The fraction of sp³-hybridized carbons (Fsp3) is 0.867. The van der Waals surface area contributed by atoms with Crippen LogP contribution in [0.2, 0.25) is 0 Å². The lowest BCUT2D eigenvalue weighted by Crippen LogP contribution is -2.24. The lowest BCUT2D eigenvalue weighted by Gasteiger charge is -2.25. The maximum absolute atomic E-state index is 13.2. The van der Waals surface area contributed by atoms with Crippen LogP contribution in [-0.2, 0) is 19.1 Å². The molecule has 4 heteroatoms. The van der Waals surface area contributed by atoms with Gasteiger partial charge in [-0.15, -0.1) is 0 Å². The Morgan fingerprint density at radius 1 is 0.500 bits per heavy atom. The predicted octanol–water partition coefficient (Wildman–Crippen LogP) is 8.96. The molecule has 0 spiro atoms. The van der Waals surface area contributed by atoms with Crippen molar-refractivity contribution in [2.75, 3.05) is 13.2 Å². The summed E-state index contributed by atoms with van der Waals surface area (Å²) < 4.78 is 11.4. The van der Waals surface area contributed by atoms with Gasteiger partial charge in [0.15, 0.2) is 0 Å². The zero-order chi connectivity index (χ0) is 26.0. The van der Waals surface area contributed by atoms with E-state index in [1.165, 1.54) is 51.4 Å². The predicted molar refractivity (Wildman–Crippen MR) is 144 cm³/mol. The van der Waals surface area contributed by atoms with E-state index in [9.17, 15) is 9.59 Å². The number of carbonyl (C=O) groups is 2. The summed E-state index contributed by atoms with van der Waals surface area (Å²) in [5.41, 5.74) is 0.719. The Morgan fingerprint density at radius 3 is 1.09 bits per heavy atom. The molecule has 0 fully saturated rings. The molecule has 200 valence electrons. The molecule has 0 atom stereocenters. The summed E-state index contributed by atoms with van der Waals surface area (Å²) in [5, 5.41) is 0. The zero-order valence-electron chi connectivity index (χ0n) is 23.9. The minimum atomic E-state index is -0.348. The van der Waals surface area contributed by atoms with Gasteiger partial charge in [0.1, 0.15) is 0 Å². The Kier molecular flexibility index (Phi) is 17.3. The van der Waals surface area contributed by atoms with Crippen LogP contribution in [0.4, 0.5) is 0 Å². The van der Waals surface area contributed by atoms with Crippen LogP contribution in [0.5, 0.6) is 0 Å². The Bertz CT molecular complexity index is 538. The van der Waals surface area contributed by atoms with Crippen LogP contribution in [0.15, 0.2) is 11.1 Å². The van der Waals surface area contributed by atoms with Gasteiger partial charge in [-0.2, -0.15) is 0 Å². The molecule has 0 aliphatic rings. The zero-order valence-corrected chi connectivity index (χ0v) is 23.9. The largest absolute Gasteiger partial charge is 0.462 e. The second kappa shape index (κ2) is 18.0. The molecule has 0 aliphatic carbocycles. The van der Waals surface area contributed by atoms with Crippen molar-refractivity contribution in [3.8, 4) is 0 Å². The van der Waals surface area contributed by atoms with Gasteiger partial charge < -0.3 is 9.47 Å². The molecular weight excluding hydrogens is 424 g/mol. The number of carbonyl (C=O) groups excluding carboxylic acids is 2. The SMILES string of the molecule is CCCCCCCCOC(=O)C(CC(C)(C)C)=C(CC(C)(C)C)C(=O)OCCCCCCCC. The first-order chi connectivity index (χ1) is 15.9. The van der Waals surface area contributed by atoms with E-state index in [-0.39, 0.29) is 22.8 Å². The third-order valence-corrected chi connectivity index (χ3v) is 5.73. The van der Waals surface area contributed by atoms with Crippen molar-refractivity contribution in [2.24, 2.45) is 10.8 Å². The van der Waals surface area contributed by atoms with Gasteiger partial charge in [0.25, 0.3) is 0 Å². The summed E-state index contributed by atoms with van der Waals surface area (Å²) in [4.78, 5) is 26.4. The third-order valence-electron chi connectivity index (χ3n) is 5.73. The lowest BCUT2D eigenvalue weighted by atomic mass is 9.81. The number of hydrogen-bond acceptors (Lipinski definition) is 4. The summed E-state index contributed by atoms with van der Waals surface area (Å²) in [6, 6.07) is 0. The molecule has 0 saturated carbocycles. The van der Waals surface area contributed by atoms with Crippen LogP contribution in [0.1, 0.15) is 145 Å². The maximum atomic E-state index is 13.2. The average molecular weight is 481 g/mol. The van der Waals surface area contributed by atoms with Gasteiger partial charge >= 0.3 is 11.9 Å². The maximum Gasteiger partial charge on any atom is 0.334 e. The fourth-order valence-corrected chi connectivity index (χ4v) is 3.93. The number of unbranched alkanes of at least 4 members (excludes halogenated alkanes) is 10. The highest BCUT2D eigenvalue weighted by Crippen LogP contribution is 2.33. The van der Waals surface area contributed by atoms with Crippen LogP contribution >= 0.6 is 0 Å². The van der Waals surface area contributed by atoms with Gasteiger partial charge in [-0.3, -0.25) is 0 Å². The first-order valence-electron chi connectivity index (χ1n) is 14.0. The molecule has 0 aromatic rings. The smallest absolute Gasteiger partial charge is 0.334 e. The van der Waals surface area contributed by atoms with E-state index in [2.05, 4.69) is 55.4 Å². The lowest BCUT2D eigenvalue weighted by molar-refractivity contribution is -0.143. The standard InChI is InChI=1S/C30H56O4/c1-9-11-13-15-17-19-21-33-27(31)25(23-29(3,4)5)26(24-30(6,7)8)28(32)34-22-20-18-16-14-12-10-2/h9-24H2,1-8H3. The Morgan fingerprint density at radius 2 is 0.794 bits per heavy atom. The molecule has 0 saturated heterocycles. The Labute approximate surface area is 211 Å². The molecule has 0 amide bonds. The minimum Gasteiger partial charge on any atom is -0.462 e. The van der Waals surface area contributed by atoms with E-state index in [4.69, 9.17) is 9.47 Å². The molecule has 0 N–H and O–H groups in total. The highest BCUT2D eigenvalue weighted by Gasteiger charge is 2.30. The summed E-state index contributed by atoms with van der Waals surface area (Å²) in [7, 11) is 0. The number of rotatable bonds is 18. The van der Waals surface area contributed by atoms with Gasteiger partial charge in [-0.1, -0.05) is 120 Å². The number of hydrogen-bond donors (Lipinski definition) is 0. The molecule has 0 radical (unpaired) electrons. The molecule has 0 bridgehead atoms. The minimum absolute atomic E-state index is 0.142. The van der Waals surface area contributed by atoms with Crippen molar-refractivity contribution < 1.29 is 19.1 Å². The van der Waals surface area contributed by atoms with Gasteiger partial charge in [0.2, 0.25) is 0 Å². The molecule has 0 aromatic heterocycles. The second-order valence-corrected chi connectivity index (χ2v) is 12.2. The third kappa shape index (κ3) is 18.1. The highest BCUT2D eigenvalue weighted by molar-refractivity contribution is 6.00. The van der Waals surface area contributed by atoms with Gasteiger partial charge in [-0.25, -0.2) is 9.59 Å². The average Bonchev–Trinajstić information content (AvgIpc) is 2.73. The summed E-state index contributed by atoms with van der Waals surface area (Å²) in [5.74, 6) is -0.696. The van der Waals surface area contributed by atoms with Crippen LogP contribution in [0, 0.1) is 10.8 Å². The second-order valence-electron chi connectivity index (χ2n) is 12.2. The normalized spacial score (nSPS) is 12.9. The summed E-state index contributed by atoms with van der Waals surface area (Å²) in [6.07, 6.45) is 14.7. The van der Waals surface area contributed by atoms with Gasteiger partial charge in [0.05, 0.1) is 13.2 Å².